The molecule has 0 saturated carbocycles. The largest absolute Gasteiger partial charge is 0.481 e. The second-order valence-electron chi connectivity index (χ2n) is 3.20. The van der Waals surface area contributed by atoms with E-state index in [9.17, 15) is 9.59 Å². The van der Waals surface area contributed by atoms with Crippen LogP contribution in [0, 0.1) is 0 Å². The molecule has 0 fully saturated rings. The molecule has 84 valence electrons. The molecule has 0 spiro atoms. The predicted octanol–water partition coefficient (Wildman–Crippen LogP) is 1.54. The molecule has 0 atom stereocenters. The van der Waals surface area contributed by atoms with Crippen molar-refractivity contribution in [1.82, 2.24) is 0 Å². The lowest BCUT2D eigenvalue weighted by Crippen LogP contribution is -2.02. The van der Waals surface area contributed by atoms with E-state index < -0.39 is 11.9 Å². The maximum atomic E-state index is 10.8. The van der Waals surface area contributed by atoms with Crippen LogP contribution in [0.25, 0.3) is 0 Å². The average Bonchev–Trinajstić information content (AvgIpc) is 2.27. The van der Waals surface area contributed by atoms with Crippen molar-refractivity contribution in [2.24, 2.45) is 0 Å². The molecule has 4 nitrogen and oxygen atoms in total. The van der Waals surface area contributed by atoms with E-state index in [2.05, 4.69) is 6.58 Å². The van der Waals surface area contributed by atoms with E-state index >= 15 is 0 Å². The Bertz CT molecular complexity index is 392. The molecule has 1 aromatic carbocycles. The van der Waals surface area contributed by atoms with Gasteiger partial charge < -0.3 is 9.84 Å². The van der Waals surface area contributed by atoms with Crippen molar-refractivity contribution >= 4 is 11.9 Å². The van der Waals surface area contributed by atoms with Crippen LogP contribution >= 0.6 is 0 Å². The van der Waals surface area contributed by atoms with Crippen molar-refractivity contribution in [3.63, 3.8) is 0 Å². The minimum atomic E-state index is -0.870. The Kier molecular flexibility index (Phi) is 4.27. The summed E-state index contributed by atoms with van der Waals surface area (Å²) in [7, 11) is 0. The van der Waals surface area contributed by atoms with Gasteiger partial charge in [0.1, 0.15) is 6.61 Å². The Labute approximate surface area is 93.2 Å². The second-order valence-corrected chi connectivity index (χ2v) is 3.20. The minimum absolute atomic E-state index is 0.00722. The Balaban J connectivity index is 2.54. The van der Waals surface area contributed by atoms with E-state index in [1.165, 1.54) is 0 Å². The maximum Gasteiger partial charge on any atom is 0.330 e. The molecule has 16 heavy (non-hydrogen) atoms. The summed E-state index contributed by atoms with van der Waals surface area (Å²) in [5.74, 6) is -1.35. The van der Waals surface area contributed by atoms with Crippen LogP contribution in [0.15, 0.2) is 36.9 Å². The van der Waals surface area contributed by atoms with E-state index in [1.807, 2.05) is 0 Å². The summed E-state index contributed by atoms with van der Waals surface area (Å²) in [6, 6.07) is 6.86. The van der Waals surface area contributed by atoms with Gasteiger partial charge in [-0.1, -0.05) is 30.8 Å². The lowest BCUT2D eigenvalue weighted by molar-refractivity contribution is -0.139. The summed E-state index contributed by atoms with van der Waals surface area (Å²) < 4.78 is 4.82. The summed E-state index contributed by atoms with van der Waals surface area (Å²) >= 11 is 0. The summed E-state index contributed by atoms with van der Waals surface area (Å²) in [6.07, 6.45) is 1.09. The van der Waals surface area contributed by atoms with Crippen LogP contribution in [-0.2, 0) is 27.4 Å². The van der Waals surface area contributed by atoms with Gasteiger partial charge in [-0.25, -0.2) is 4.79 Å². The zero-order valence-electron chi connectivity index (χ0n) is 8.68. The van der Waals surface area contributed by atoms with Gasteiger partial charge in [-0.2, -0.15) is 0 Å². The molecule has 0 amide bonds. The zero-order chi connectivity index (χ0) is 12.0. The molecule has 0 aromatic heterocycles. The second kappa shape index (κ2) is 5.70. The van der Waals surface area contributed by atoms with Gasteiger partial charge >= 0.3 is 11.9 Å². The van der Waals surface area contributed by atoms with Crippen molar-refractivity contribution in [3.8, 4) is 0 Å². The first kappa shape index (κ1) is 12.0. The number of carbonyl (C=O) groups excluding carboxylic acids is 1. The van der Waals surface area contributed by atoms with Gasteiger partial charge in [0.25, 0.3) is 0 Å². The summed E-state index contributed by atoms with van der Waals surface area (Å²) in [5.41, 5.74) is 1.52. The number of carbonyl (C=O) groups is 2. The van der Waals surface area contributed by atoms with E-state index in [1.54, 1.807) is 24.3 Å². The first-order valence-corrected chi connectivity index (χ1v) is 4.70. The Hall–Kier alpha value is -2.10. The molecule has 1 aromatic rings. The molecule has 0 bridgehead atoms. The normalized spacial score (nSPS) is 9.50. The van der Waals surface area contributed by atoms with Crippen molar-refractivity contribution in [2.45, 2.75) is 13.0 Å². The quantitative estimate of drug-likeness (QED) is 0.604. The zero-order valence-corrected chi connectivity index (χ0v) is 8.68. The molecule has 0 radical (unpaired) electrons. The molecule has 0 saturated heterocycles. The van der Waals surface area contributed by atoms with Crippen LogP contribution in [0.5, 0.6) is 0 Å². The molecule has 0 aliphatic carbocycles. The lowest BCUT2D eigenvalue weighted by atomic mass is 10.1. The highest BCUT2D eigenvalue weighted by Crippen LogP contribution is 2.06. The van der Waals surface area contributed by atoms with Crippen molar-refractivity contribution in [3.05, 3.63) is 48.0 Å². The molecular formula is C12H12O4. The number of hydrogen-bond donors (Lipinski definition) is 1. The van der Waals surface area contributed by atoms with Crippen LogP contribution in [0.3, 0.4) is 0 Å². The number of aliphatic carboxylic acids is 1. The Morgan fingerprint density at radius 2 is 1.81 bits per heavy atom. The first-order chi connectivity index (χ1) is 7.61. The third kappa shape index (κ3) is 3.96. The number of benzene rings is 1. The lowest BCUT2D eigenvalue weighted by Gasteiger charge is -2.03. The molecule has 0 unspecified atom stereocenters. The number of hydrogen-bond acceptors (Lipinski definition) is 3. The third-order valence-corrected chi connectivity index (χ3v) is 1.93. The average molecular weight is 220 g/mol. The predicted molar refractivity (Wildman–Crippen MR) is 57.8 cm³/mol. The number of carboxylic acids is 1. The molecule has 1 N–H and O–H groups in total. The Morgan fingerprint density at radius 3 is 2.31 bits per heavy atom. The minimum Gasteiger partial charge on any atom is -0.481 e. The highest BCUT2D eigenvalue weighted by molar-refractivity contribution is 5.81. The van der Waals surface area contributed by atoms with Gasteiger partial charge in [0.05, 0.1) is 6.42 Å². The number of ether oxygens (including phenoxy) is 1. The van der Waals surface area contributed by atoms with E-state index in [-0.39, 0.29) is 13.0 Å². The SMILES string of the molecule is C=CC(=O)OCc1ccc(CC(=O)O)cc1. The van der Waals surface area contributed by atoms with Gasteiger partial charge in [-0.05, 0) is 11.1 Å². The topological polar surface area (TPSA) is 63.6 Å². The van der Waals surface area contributed by atoms with E-state index in [0.29, 0.717) is 5.56 Å². The number of esters is 1. The molecule has 0 aliphatic heterocycles. The van der Waals surface area contributed by atoms with Gasteiger partial charge in [0, 0.05) is 6.08 Å². The van der Waals surface area contributed by atoms with Crippen molar-refractivity contribution in [1.29, 1.82) is 0 Å². The molecule has 4 heteroatoms. The van der Waals surface area contributed by atoms with E-state index in [4.69, 9.17) is 9.84 Å². The first-order valence-electron chi connectivity index (χ1n) is 4.70. The summed E-state index contributed by atoms with van der Waals surface area (Å²) in [6.45, 7) is 3.44. The van der Waals surface area contributed by atoms with Crippen LogP contribution in [0.4, 0.5) is 0 Å². The highest BCUT2D eigenvalue weighted by atomic mass is 16.5. The number of carboxylic acid groups (broad SMARTS) is 1. The van der Waals surface area contributed by atoms with Gasteiger partial charge in [-0.3, -0.25) is 4.79 Å². The summed E-state index contributed by atoms with van der Waals surface area (Å²) in [5, 5.41) is 8.56. The van der Waals surface area contributed by atoms with Gasteiger partial charge in [-0.15, -0.1) is 0 Å². The molecule has 1 rings (SSSR count). The maximum absolute atomic E-state index is 10.8. The molecule has 0 aliphatic rings. The fourth-order valence-corrected chi connectivity index (χ4v) is 1.14. The van der Waals surface area contributed by atoms with Crippen LogP contribution in [-0.4, -0.2) is 17.0 Å². The van der Waals surface area contributed by atoms with Gasteiger partial charge in [0.2, 0.25) is 0 Å². The van der Waals surface area contributed by atoms with Gasteiger partial charge in [0.15, 0.2) is 0 Å². The molecule has 0 heterocycles. The summed E-state index contributed by atoms with van der Waals surface area (Å²) in [4.78, 5) is 21.2. The monoisotopic (exact) mass is 220 g/mol. The Morgan fingerprint density at radius 1 is 1.25 bits per heavy atom. The van der Waals surface area contributed by atoms with E-state index in [0.717, 1.165) is 11.6 Å². The highest BCUT2D eigenvalue weighted by Gasteiger charge is 2.01. The standard InChI is InChI=1S/C12H12O4/c1-2-12(15)16-8-10-5-3-9(4-6-10)7-11(13)14/h2-6H,1,7-8H2,(H,13,14). The van der Waals surface area contributed by atoms with Crippen LogP contribution in [0.2, 0.25) is 0 Å². The fraction of sp³-hybridized carbons (Fsp3) is 0.167. The van der Waals surface area contributed by atoms with Crippen LogP contribution in [0.1, 0.15) is 11.1 Å². The fourth-order valence-electron chi connectivity index (χ4n) is 1.14. The smallest absolute Gasteiger partial charge is 0.330 e. The number of rotatable bonds is 5. The molecular weight excluding hydrogens is 208 g/mol. The van der Waals surface area contributed by atoms with Crippen molar-refractivity contribution in [2.75, 3.05) is 0 Å². The van der Waals surface area contributed by atoms with Crippen LogP contribution < -0.4 is 0 Å². The van der Waals surface area contributed by atoms with Crippen molar-refractivity contribution < 1.29 is 19.4 Å². The third-order valence-electron chi connectivity index (χ3n) is 1.93.